The van der Waals surface area contributed by atoms with Gasteiger partial charge in [0.25, 0.3) is 15.7 Å². The summed E-state index contributed by atoms with van der Waals surface area (Å²) < 4.78 is 34.5. The van der Waals surface area contributed by atoms with Crippen LogP contribution in [0.3, 0.4) is 0 Å². The van der Waals surface area contributed by atoms with Crippen molar-refractivity contribution in [3.63, 3.8) is 0 Å². The quantitative estimate of drug-likeness (QED) is 0.219. The van der Waals surface area contributed by atoms with Gasteiger partial charge in [-0.25, -0.2) is 8.42 Å². The average molecular weight is 631 g/mol. The van der Waals surface area contributed by atoms with Crippen LogP contribution in [0, 0.1) is 24.0 Å². The molecular weight excluding hydrogens is 596 g/mol. The first kappa shape index (κ1) is 33.3. The number of halogens is 1. The molecule has 1 atom stereocenters. The molecule has 1 N–H and O–H groups in total. The Kier molecular flexibility index (Phi) is 10.8. The molecule has 43 heavy (non-hydrogen) atoms. The number of hydrogen-bond donors (Lipinski definition) is 1. The largest absolute Gasteiger partial charge is 0.495 e. The van der Waals surface area contributed by atoms with Gasteiger partial charge in [0, 0.05) is 29.2 Å². The first-order valence-corrected chi connectivity index (χ1v) is 15.2. The minimum absolute atomic E-state index is 0.0176. The number of rotatable bonds is 12. The number of sulfonamides is 1. The van der Waals surface area contributed by atoms with Gasteiger partial charge in [0.2, 0.25) is 11.8 Å². The Morgan fingerprint density at radius 1 is 1.05 bits per heavy atom. The number of carbonyl (C=O) groups excluding carboxylic acids is 2. The lowest BCUT2D eigenvalue weighted by Crippen LogP contribution is -2.52. The van der Waals surface area contributed by atoms with Gasteiger partial charge in [-0.15, -0.1) is 0 Å². The van der Waals surface area contributed by atoms with Gasteiger partial charge in [-0.05, 0) is 64.4 Å². The lowest BCUT2D eigenvalue weighted by molar-refractivity contribution is -0.385. The number of benzene rings is 3. The van der Waals surface area contributed by atoms with Gasteiger partial charge >= 0.3 is 0 Å². The second-order valence-corrected chi connectivity index (χ2v) is 12.7. The van der Waals surface area contributed by atoms with Crippen LogP contribution in [-0.2, 0) is 26.2 Å². The van der Waals surface area contributed by atoms with E-state index in [1.54, 1.807) is 26.8 Å². The van der Waals surface area contributed by atoms with E-state index in [1.165, 1.54) is 49.3 Å². The van der Waals surface area contributed by atoms with Crippen molar-refractivity contribution in [1.82, 2.24) is 10.2 Å². The Bertz CT molecular complexity index is 1630. The molecular formula is C30H35ClN4O7S. The SMILES string of the molecule is COc1ccc(Cl)cc1N(CC(=O)N(Cc1cccc(C)c1)[C@@H](C)C(=O)NC(C)C)S(=O)(=O)c1ccc(C)c([N+](=O)[O-])c1. The third-order valence-electron chi connectivity index (χ3n) is 6.69. The fraction of sp³-hybridized carbons (Fsp3) is 0.333. The number of amides is 2. The molecule has 2 amide bonds. The number of nitrogens with one attached hydrogen (secondary N) is 1. The van der Waals surface area contributed by atoms with Crippen LogP contribution < -0.4 is 14.4 Å². The molecule has 230 valence electrons. The van der Waals surface area contributed by atoms with Crippen molar-refractivity contribution in [1.29, 1.82) is 0 Å². The highest BCUT2D eigenvalue weighted by Gasteiger charge is 2.35. The van der Waals surface area contributed by atoms with Crippen LogP contribution in [0.25, 0.3) is 0 Å². The summed E-state index contributed by atoms with van der Waals surface area (Å²) in [5.41, 5.74) is 1.49. The number of nitrogens with zero attached hydrogens (tertiary/aromatic N) is 3. The van der Waals surface area contributed by atoms with Crippen molar-refractivity contribution in [2.75, 3.05) is 18.0 Å². The van der Waals surface area contributed by atoms with Crippen LogP contribution in [0.1, 0.15) is 37.5 Å². The number of nitro groups is 1. The molecule has 11 nitrogen and oxygen atoms in total. The molecule has 0 aliphatic heterocycles. The summed E-state index contributed by atoms with van der Waals surface area (Å²) in [4.78, 5) is 39.0. The predicted molar refractivity (Wildman–Crippen MR) is 165 cm³/mol. The summed E-state index contributed by atoms with van der Waals surface area (Å²) in [6.07, 6.45) is 0. The number of carbonyl (C=O) groups is 2. The molecule has 0 radical (unpaired) electrons. The van der Waals surface area contributed by atoms with Gasteiger partial charge in [0.05, 0.1) is 22.6 Å². The molecule has 0 fully saturated rings. The van der Waals surface area contributed by atoms with E-state index in [0.29, 0.717) is 0 Å². The van der Waals surface area contributed by atoms with Crippen molar-refractivity contribution >= 4 is 44.8 Å². The van der Waals surface area contributed by atoms with Crippen LogP contribution in [0.5, 0.6) is 5.75 Å². The van der Waals surface area contributed by atoms with Gasteiger partial charge < -0.3 is 15.0 Å². The molecule has 0 heterocycles. The smallest absolute Gasteiger partial charge is 0.273 e. The summed E-state index contributed by atoms with van der Waals surface area (Å²) in [5.74, 6) is -1.02. The fourth-order valence-electron chi connectivity index (χ4n) is 4.44. The maximum absolute atomic E-state index is 14.2. The molecule has 3 rings (SSSR count). The van der Waals surface area contributed by atoms with E-state index >= 15 is 0 Å². The normalized spacial score (nSPS) is 12.0. The Balaban J connectivity index is 2.17. The maximum Gasteiger partial charge on any atom is 0.273 e. The fourth-order valence-corrected chi connectivity index (χ4v) is 6.04. The molecule has 0 bridgehead atoms. The third-order valence-corrected chi connectivity index (χ3v) is 8.68. The van der Waals surface area contributed by atoms with E-state index in [1.807, 2.05) is 25.1 Å². The van der Waals surface area contributed by atoms with E-state index in [9.17, 15) is 28.1 Å². The number of hydrogen-bond acceptors (Lipinski definition) is 7. The van der Waals surface area contributed by atoms with Gasteiger partial charge in [0.15, 0.2) is 0 Å². The zero-order chi connectivity index (χ0) is 32.1. The molecule has 3 aromatic carbocycles. The van der Waals surface area contributed by atoms with E-state index in [2.05, 4.69) is 5.32 Å². The van der Waals surface area contributed by atoms with E-state index in [4.69, 9.17) is 16.3 Å². The summed E-state index contributed by atoms with van der Waals surface area (Å²) >= 11 is 6.25. The highest BCUT2D eigenvalue weighted by atomic mass is 35.5. The van der Waals surface area contributed by atoms with Crippen LogP contribution in [0.15, 0.2) is 65.6 Å². The van der Waals surface area contributed by atoms with Gasteiger partial charge in [0.1, 0.15) is 18.3 Å². The molecule has 0 aliphatic rings. The van der Waals surface area contributed by atoms with Crippen LogP contribution in [-0.4, -0.2) is 55.8 Å². The molecule has 0 unspecified atom stereocenters. The first-order valence-electron chi connectivity index (χ1n) is 13.4. The second kappa shape index (κ2) is 13.9. The molecule has 0 aliphatic carbocycles. The number of nitro benzene ring substituents is 1. The van der Waals surface area contributed by atoms with Crippen molar-refractivity contribution in [2.24, 2.45) is 0 Å². The molecule has 0 aromatic heterocycles. The molecule has 3 aromatic rings. The lowest BCUT2D eigenvalue weighted by Gasteiger charge is -2.32. The molecule has 13 heteroatoms. The number of ether oxygens (including phenoxy) is 1. The van der Waals surface area contributed by atoms with Crippen molar-refractivity contribution < 1.29 is 27.7 Å². The average Bonchev–Trinajstić information content (AvgIpc) is 2.93. The van der Waals surface area contributed by atoms with Gasteiger partial charge in [-0.3, -0.25) is 24.0 Å². The molecule has 0 saturated heterocycles. The van der Waals surface area contributed by atoms with Crippen molar-refractivity contribution in [3.8, 4) is 5.75 Å². The van der Waals surface area contributed by atoms with Crippen LogP contribution in [0.4, 0.5) is 11.4 Å². The van der Waals surface area contributed by atoms with E-state index in [0.717, 1.165) is 21.5 Å². The topological polar surface area (TPSA) is 139 Å². The summed E-state index contributed by atoms with van der Waals surface area (Å²) in [5, 5.41) is 14.6. The Labute approximate surface area is 256 Å². The Morgan fingerprint density at radius 2 is 1.74 bits per heavy atom. The zero-order valence-corrected chi connectivity index (χ0v) is 26.4. The summed E-state index contributed by atoms with van der Waals surface area (Å²) in [6.45, 7) is 7.78. The highest BCUT2D eigenvalue weighted by molar-refractivity contribution is 7.92. The lowest BCUT2D eigenvalue weighted by atomic mass is 10.1. The zero-order valence-electron chi connectivity index (χ0n) is 24.8. The maximum atomic E-state index is 14.2. The van der Waals surface area contributed by atoms with E-state index < -0.39 is 49.9 Å². The van der Waals surface area contributed by atoms with Gasteiger partial charge in [-0.2, -0.15) is 0 Å². The number of anilines is 1. The second-order valence-electron chi connectivity index (χ2n) is 10.4. The van der Waals surface area contributed by atoms with Crippen molar-refractivity contribution in [2.45, 2.75) is 58.1 Å². The minimum atomic E-state index is -4.61. The predicted octanol–water partition coefficient (Wildman–Crippen LogP) is 5.01. The molecule has 0 spiro atoms. The standard InChI is InChI=1S/C30H35ClN4O7S/c1-19(2)32-30(37)22(5)33(17-23-9-7-8-20(3)14-23)29(36)18-34(27-15-24(31)11-13-28(27)42-6)43(40,41)25-12-10-21(4)26(16-25)35(38)39/h7-16,19,22H,17-18H2,1-6H3,(H,32,37)/t22-/m0/s1. The monoisotopic (exact) mass is 630 g/mol. The summed E-state index contributed by atoms with van der Waals surface area (Å²) in [6, 6.07) is 14.0. The first-order chi connectivity index (χ1) is 20.1. The molecule has 0 saturated carbocycles. The minimum Gasteiger partial charge on any atom is -0.495 e. The van der Waals surface area contributed by atoms with Crippen LogP contribution in [0.2, 0.25) is 5.02 Å². The van der Waals surface area contributed by atoms with Crippen molar-refractivity contribution in [3.05, 3.63) is 92.5 Å². The Morgan fingerprint density at radius 3 is 2.35 bits per heavy atom. The number of aryl methyl sites for hydroxylation is 2. The van der Waals surface area contributed by atoms with Gasteiger partial charge in [-0.1, -0.05) is 47.5 Å². The Hall–Kier alpha value is -4.16. The number of methoxy groups -OCH3 is 1. The van der Waals surface area contributed by atoms with E-state index in [-0.39, 0.29) is 34.6 Å². The van der Waals surface area contributed by atoms with Crippen LogP contribution >= 0.6 is 11.6 Å². The highest BCUT2D eigenvalue weighted by Crippen LogP contribution is 2.36. The summed E-state index contributed by atoms with van der Waals surface area (Å²) in [7, 11) is -3.28. The third kappa shape index (κ3) is 8.02.